The van der Waals surface area contributed by atoms with Crippen LogP contribution in [0.15, 0.2) is 40.8 Å². The summed E-state index contributed by atoms with van der Waals surface area (Å²) in [5, 5.41) is 10.5. The summed E-state index contributed by atoms with van der Waals surface area (Å²) < 4.78 is 10.2. The van der Waals surface area contributed by atoms with E-state index in [0.717, 1.165) is 5.56 Å². The lowest BCUT2D eigenvalue weighted by Gasteiger charge is -2.02. The summed E-state index contributed by atoms with van der Waals surface area (Å²) in [6, 6.07) is 10.1. The molecule has 0 bridgehead atoms. The van der Waals surface area contributed by atoms with E-state index in [1.807, 2.05) is 0 Å². The highest BCUT2D eigenvalue weighted by Gasteiger charge is 2.05. The second-order valence-corrected chi connectivity index (χ2v) is 3.18. The van der Waals surface area contributed by atoms with Crippen molar-refractivity contribution in [3.05, 3.63) is 42.2 Å². The maximum atomic E-state index is 10.5. The first kappa shape index (κ1) is 10.3. The number of ether oxygens (including phenoxy) is 1. The molecule has 2 rings (SSSR count). The largest absolute Gasteiger partial charge is 0.542 e. The quantitative estimate of drug-likeness (QED) is 0.777. The fraction of sp³-hybridized carbons (Fsp3) is 0.0833. The van der Waals surface area contributed by atoms with E-state index in [2.05, 4.69) is 0 Å². The van der Waals surface area contributed by atoms with Crippen molar-refractivity contribution in [1.82, 2.24) is 0 Å². The highest BCUT2D eigenvalue weighted by Crippen LogP contribution is 2.25. The highest BCUT2D eigenvalue weighted by molar-refractivity contribution is 5.83. The first-order valence-corrected chi connectivity index (χ1v) is 4.66. The van der Waals surface area contributed by atoms with Gasteiger partial charge in [-0.3, -0.25) is 0 Å². The summed E-state index contributed by atoms with van der Waals surface area (Å²) in [5.74, 6) is -0.353. The molecule has 0 aliphatic rings. The normalized spacial score (nSPS) is 10.1. The lowest BCUT2D eigenvalue weighted by molar-refractivity contribution is -0.257. The molecular weight excluding hydrogens is 208 g/mol. The van der Waals surface area contributed by atoms with Crippen molar-refractivity contribution in [2.75, 3.05) is 7.11 Å². The molecule has 1 aromatic heterocycles. The molecule has 82 valence electrons. The molecule has 1 aromatic carbocycles. The van der Waals surface area contributed by atoms with Gasteiger partial charge in [0.1, 0.15) is 23.2 Å². The molecule has 0 saturated carbocycles. The summed E-state index contributed by atoms with van der Waals surface area (Å²) in [6.45, 7) is 0. The Morgan fingerprint density at radius 2 is 2.12 bits per heavy atom. The van der Waals surface area contributed by atoms with Crippen molar-refractivity contribution in [2.24, 2.45) is 0 Å². The zero-order valence-corrected chi connectivity index (χ0v) is 8.60. The molecule has 2 aromatic rings. The van der Waals surface area contributed by atoms with Crippen LogP contribution in [0.5, 0.6) is 5.75 Å². The monoisotopic (exact) mass is 217 g/mol. The van der Waals surface area contributed by atoms with E-state index in [1.54, 1.807) is 37.4 Å². The predicted molar refractivity (Wildman–Crippen MR) is 55.0 cm³/mol. The molecule has 0 saturated heterocycles. The number of carboxylic acids is 1. The number of hydrogen-bond donors (Lipinski definition) is 0. The van der Waals surface area contributed by atoms with E-state index >= 15 is 0 Å². The van der Waals surface area contributed by atoms with Crippen molar-refractivity contribution in [2.45, 2.75) is 0 Å². The van der Waals surface area contributed by atoms with Crippen LogP contribution in [0.1, 0.15) is 10.6 Å². The number of furan rings is 1. The van der Waals surface area contributed by atoms with Gasteiger partial charge in [0.2, 0.25) is 0 Å². The van der Waals surface area contributed by atoms with Gasteiger partial charge in [0, 0.05) is 5.56 Å². The smallest absolute Gasteiger partial charge is 0.150 e. The third-order valence-corrected chi connectivity index (χ3v) is 2.16. The van der Waals surface area contributed by atoms with Crippen LogP contribution in [0, 0.1) is 0 Å². The molecule has 0 aliphatic carbocycles. The molecule has 0 radical (unpaired) electrons. The van der Waals surface area contributed by atoms with Crippen LogP contribution in [0.2, 0.25) is 0 Å². The fourth-order valence-corrected chi connectivity index (χ4v) is 1.38. The minimum absolute atomic E-state index is 0.183. The number of benzene rings is 1. The fourth-order valence-electron chi connectivity index (χ4n) is 1.38. The maximum Gasteiger partial charge on any atom is 0.150 e. The number of carbonyl (C=O) groups is 1. The van der Waals surface area contributed by atoms with Crippen LogP contribution in [0.25, 0.3) is 11.3 Å². The lowest BCUT2D eigenvalue weighted by atomic mass is 10.2. The summed E-state index contributed by atoms with van der Waals surface area (Å²) >= 11 is 0. The molecule has 0 aliphatic heterocycles. The van der Waals surface area contributed by atoms with Gasteiger partial charge in [0.15, 0.2) is 0 Å². The Morgan fingerprint density at radius 1 is 1.31 bits per heavy atom. The first-order valence-electron chi connectivity index (χ1n) is 4.66. The van der Waals surface area contributed by atoms with Gasteiger partial charge in [-0.2, -0.15) is 0 Å². The second-order valence-electron chi connectivity index (χ2n) is 3.18. The average molecular weight is 217 g/mol. The van der Waals surface area contributed by atoms with Gasteiger partial charge in [0.25, 0.3) is 0 Å². The van der Waals surface area contributed by atoms with Crippen LogP contribution in [0.3, 0.4) is 0 Å². The zero-order chi connectivity index (χ0) is 11.5. The molecular formula is C12H9O4-. The van der Waals surface area contributed by atoms with Gasteiger partial charge in [-0.1, -0.05) is 12.1 Å². The maximum absolute atomic E-state index is 10.5. The molecule has 4 heteroatoms. The van der Waals surface area contributed by atoms with Crippen molar-refractivity contribution in [3.63, 3.8) is 0 Å². The van der Waals surface area contributed by atoms with Crippen LogP contribution < -0.4 is 9.84 Å². The Bertz CT molecular complexity index is 513. The van der Waals surface area contributed by atoms with Gasteiger partial charge in [-0.25, -0.2) is 0 Å². The molecule has 4 nitrogen and oxygen atoms in total. The Balaban J connectivity index is 2.38. The van der Waals surface area contributed by atoms with Crippen molar-refractivity contribution >= 4 is 5.97 Å². The van der Waals surface area contributed by atoms with Crippen LogP contribution in [-0.4, -0.2) is 13.1 Å². The Morgan fingerprint density at radius 3 is 2.75 bits per heavy atom. The minimum atomic E-state index is -1.32. The standard InChI is InChI=1S/C12H10O4/c1-15-9-4-2-3-8(7-9)10-5-6-11(16-10)12(13)14/h2-7H,1H3,(H,13,14)/p-1. The summed E-state index contributed by atoms with van der Waals surface area (Å²) in [7, 11) is 1.56. The van der Waals surface area contributed by atoms with E-state index in [-0.39, 0.29) is 5.76 Å². The van der Waals surface area contributed by atoms with Crippen LogP contribution >= 0.6 is 0 Å². The number of rotatable bonds is 3. The van der Waals surface area contributed by atoms with Crippen molar-refractivity contribution in [1.29, 1.82) is 0 Å². The third kappa shape index (κ3) is 1.91. The zero-order valence-electron chi connectivity index (χ0n) is 8.60. The number of hydrogen-bond acceptors (Lipinski definition) is 4. The Labute approximate surface area is 92.1 Å². The summed E-state index contributed by atoms with van der Waals surface area (Å²) in [4.78, 5) is 10.5. The summed E-state index contributed by atoms with van der Waals surface area (Å²) in [6.07, 6.45) is 0. The number of methoxy groups -OCH3 is 1. The lowest BCUT2D eigenvalue weighted by Crippen LogP contribution is -2.21. The van der Waals surface area contributed by atoms with Crippen LogP contribution in [0.4, 0.5) is 0 Å². The first-order chi connectivity index (χ1) is 7.70. The van der Waals surface area contributed by atoms with E-state index in [1.165, 1.54) is 6.07 Å². The van der Waals surface area contributed by atoms with Gasteiger partial charge in [0.05, 0.1) is 7.11 Å². The average Bonchev–Trinajstić information content (AvgIpc) is 2.78. The van der Waals surface area contributed by atoms with E-state index < -0.39 is 5.97 Å². The van der Waals surface area contributed by atoms with Crippen molar-refractivity contribution < 1.29 is 19.1 Å². The molecule has 0 unspecified atom stereocenters. The van der Waals surface area contributed by atoms with Gasteiger partial charge in [-0.15, -0.1) is 0 Å². The number of carboxylic acid groups (broad SMARTS) is 1. The molecule has 0 atom stereocenters. The Hall–Kier alpha value is -2.23. The molecule has 0 spiro atoms. The highest BCUT2D eigenvalue weighted by atomic mass is 16.5. The van der Waals surface area contributed by atoms with Gasteiger partial charge in [-0.05, 0) is 24.3 Å². The summed E-state index contributed by atoms with van der Waals surface area (Å²) in [5.41, 5.74) is 0.756. The molecule has 0 amide bonds. The van der Waals surface area contributed by atoms with E-state index in [9.17, 15) is 9.90 Å². The second kappa shape index (κ2) is 4.10. The van der Waals surface area contributed by atoms with E-state index in [4.69, 9.17) is 9.15 Å². The topological polar surface area (TPSA) is 62.5 Å². The number of carbonyl (C=O) groups excluding carboxylic acids is 1. The number of aromatic carboxylic acids is 1. The SMILES string of the molecule is COc1cccc(-c2ccc(C(=O)[O-])o2)c1. The van der Waals surface area contributed by atoms with Gasteiger partial charge >= 0.3 is 0 Å². The molecule has 0 fully saturated rings. The van der Waals surface area contributed by atoms with Gasteiger partial charge < -0.3 is 19.1 Å². The van der Waals surface area contributed by atoms with E-state index in [0.29, 0.717) is 11.5 Å². The van der Waals surface area contributed by atoms with Crippen LogP contribution in [-0.2, 0) is 0 Å². The molecule has 0 N–H and O–H groups in total. The minimum Gasteiger partial charge on any atom is -0.542 e. The third-order valence-electron chi connectivity index (χ3n) is 2.16. The van der Waals surface area contributed by atoms with Crippen molar-refractivity contribution in [3.8, 4) is 17.1 Å². The molecule has 16 heavy (non-hydrogen) atoms. The predicted octanol–water partition coefficient (Wildman–Crippen LogP) is 1.32. The molecule has 1 heterocycles. The Kier molecular flexibility index (Phi) is 2.64.